The van der Waals surface area contributed by atoms with Crippen LogP contribution in [0.2, 0.25) is 0 Å². The summed E-state index contributed by atoms with van der Waals surface area (Å²) < 4.78 is 2.26. The molecule has 1 unspecified atom stereocenters. The maximum Gasteiger partial charge on any atom is 0.251 e. The highest BCUT2D eigenvalue weighted by Crippen LogP contribution is 2.35. The van der Waals surface area contributed by atoms with Gasteiger partial charge in [-0.2, -0.15) is 0 Å². The Balaban J connectivity index is 1.42. The lowest BCUT2D eigenvalue weighted by atomic mass is 10.0. The summed E-state index contributed by atoms with van der Waals surface area (Å²) in [5.41, 5.74) is 5.47. The number of fused-ring (bicyclic) bond motifs is 2. The maximum absolute atomic E-state index is 12.5. The molecule has 0 fully saturated rings. The molecule has 0 saturated heterocycles. The molecule has 130 valence electrons. The Morgan fingerprint density at radius 1 is 1.12 bits per heavy atom. The Morgan fingerprint density at radius 3 is 2.85 bits per heavy atom. The highest BCUT2D eigenvalue weighted by atomic mass is 16.1. The zero-order chi connectivity index (χ0) is 17.5. The van der Waals surface area contributed by atoms with Gasteiger partial charge in [0, 0.05) is 30.3 Å². The van der Waals surface area contributed by atoms with E-state index in [1.54, 1.807) is 0 Å². The lowest BCUT2D eigenvalue weighted by Gasteiger charge is -2.15. The summed E-state index contributed by atoms with van der Waals surface area (Å²) in [6.45, 7) is 1.07. The van der Waals surface area contributed by atoms with Crippen molar-refractivity contribution in [2.45, 2.75) is 38.3 Å². The van der Waals surface area contributed by atoms with Crippen LogP contribution in [-0.4, -0.2) is 15.5 Å². The lowest BCUT2D eigenvalue weighted by molar-refractivity contribution is 0.0936. The molecule has 1 amide bonds. The Labute approximate surface area is 152 Å². The van der Waals surface area contributed by atoms with Crippen LogP contribution in [0.4, 0.5) is 0 Å². The van der Waals surface area contributed by atoms with Gasteiger partial charge in [0.1, 0.15) is 5.82 Å². The van der Waals surface area contributed by atoms with Crippen molar-refractivity contribution in [1.82, 2.24) is 14.9 Å². The number of benzene rings is 2. The van der Waals surface area contributed by atoms with Crippen LogP contribution in [0.15, 0.2) is 54.7 Å². The molecule has 4 nitrogen and oxygen atoms in total. The van der Waals surface area contributed by atoms with Gasteiger partial charge in [-0.25, -0.2) is 4.98 Å². The fourth-order valence-electron chi connectivity index (χ4n) is 4.14. The van der Waals surface area contributed by atoms with E-state index in [-0.39, 0.29) is 11.9 Å². The van der Waals surface area contributed by atoms with Gasteiger partial charge in [-0.1, -0.05) is 30.3 Å². The van der Waals surface area contributed by atoms with Crippen molar-refractivity contribution >= 4 is 5.91 Å². The molecule has 1 aliphatic heterocycles. The van der Waals surface area contributed by atoms with Gasteiger partial charge in [0.25, 0.3) is 5.91 Å². The summed E-state index contributed by atoms with van der Waals surface area (Å²) in [4.78, 5) is 17.3. The molecule has 5 rings (SSSR count). The number of imidazole rings is 1. The van der Waals surface area contributed by atoms with Crippen molar-refractivity contribution < 1.29 is 4.79 Å². The predicted octanol–water partition coefficient (Wildman–Crippen LogP) is 3.91. The fraction of sp³-hybridized carbons (Fsp3) is 0.273. The van der Waals surface area contributed by atoms with Gasteiger partial charge in [-0.05, 0) is 48.6 Å². The molecule has 0 spiro atoms. The summed E-state index contributed by atoms with van der Waals surface area (Å²) in [6, 6.07) is 16.1. The largest absolute Gasteiger partial charge is 0.345 e. The summed E-state index contributed by atoms with van der Waals surface area (Å²) in [5, 5.41) is 3.20. The first-order valence-corrected chi connectivity index (χ1v) is 9.33. The summed E-state index contributed by atoms with van der Waals surface area (Å²) in [7, 11) is 0. The van der Waals surface area contributed by atoms with Crippen LogP contribution in [0.25, 0.3) is 11.3 Å². The van der Waals surface area contributed by atoms with Gasteiger partial charge < -0.3 is 9.88 Å². The van der Waals surface area contributed by atoms with E-state index in [9.17, 15) is 4.79 Å². The molecule has 3 aromatic rings. The van der Waals surface area contributed by atoms with Gasteiger partial charge in [0.05, 0.1) is 11.7 Å². The second-order valence-electron chi connectivity index (χ2n) is 7.18. The number of aromatic nitrogens is 2. The van der Waals surface area contributed by atoms with Crippen molar-refractivity contribution in [3.63, 3.8) is 0 Å². The number of nitrogens with one attached hydrogen (secondary N) is 1. The third kappa shape index (κ3) is 2.62. The maximum atomic E-state index is 12.5. The minimum atomic E-state index is -0.00480. The molecule has 0 radical (unpaired) electrons. The first-order chi connectivity index (χ1) is 12.8. The Bertz CT molecular complexity index is 953. The monoisotopic (exact) mass is 343 g/mol. The number of hydrogen-bond donors (Lipinski definition) is 1. The molecule has 0 saturated carbocycles. The molecule has 1 atom stereocenters. The molecule has 1 N–H and O–H groups in total. The molecule has 2 heterocycles. The van der Waals surface area contributed by atoms with Crippen LogP contribution in [0.3, 0.4) is 0 Å². The quantitative estimate of drug-likeness (QED) is 0.784. The molecular formula is C22H21N3O. The minimum absolute atomic E-state index is 0.00480. The van der Waals surface area contributed by atoms with E-state index < -0.39 is 0 Å². The van der Waals surface area contributed by atoms with Crippen LogP contribution < -0.4 is 5.32 Å². The van der Waals surface area contributed by atoms with E-state index in [1.807, 2.05) is 30.3 Å². The van der Waals surface area contributed by atoms with Crippen molar-refractivity contribution in [1.29, 1.82) is 0 Å². The third-order valence-electron chi connectivity index (χ3n) is 5.52. The smallest absolute Gasteiger partial charge is 0.251 e. The standard InChI is InChI=1S/C22H21N3O/c26-22(16-5-2-1-3-6-16)24-19-11-10-15-8-9-17(13-18(15)19)20-14-25-12-4-7-21(25)23-20/h1-3,5-6,8-9,13-14,19H,4,7,10-12H2,(H,24,26). The van der Waals surface area contributed by atoms with E-state index in [4.69, 9.17) is 4.98 Å². The zero-order valence-corrected chi connectivity index (χ0v) is 14.6. The first-order valence-electron chi connectivity index (χ1n) is 9.33. The topological polar surface area (TPSA) is 46.9 Å². The van der Waals surface area contributed by atoms with Crippen LogP contribution in [0.5, 0.6) is 0 Å². The fourth-order valence-corrected chi connectivity index (χ4v) is 4.14. The Hall–Kier alpha value is -2.88. The second-order valence-corrected chi connectivity index (χ2v) is 7.18. The molecule has 1 aliphatic carbocycles. The van der Waals surface area contributed by atoms with Crippen LogP contribution in [-0.2, 0) is 19.4 Å². The van der Waals surface area contributed by atoms with E-state index in [2.05, 4.69) is 34.3 Å². The van der Waals surface area contributed by atoms with Crippen LogP contribution in [0, 0.1) is 0 Å². The number of amides is 1. The molecule has 0 bridgehead atoms. The highest BCUT2D eigenvalue weighted by Gasteiger charge is 2.25. The van der Waals surface area contributed by atoms with E-state index in [0.717, 1.165) is 37.1 Å². The van der Waals surface area contributed by atoms with Gasteiger partial charge in [0.15, 0.2) is 0 Å². The Morgan fingerprint density at radius 2 is 2.00 bits per heavy atom. The van der Waals surface area contributed by atoms with E-state index >= 15 is 0 Å². The number of aryl methyl sites for hydroxylation is 3. The minimum Gasteiger partial charge on any atom is -0.345 e. The lowest BCUT2D eigenvalue weighted by Crippen LogP contribution is -2.27. The average molecular weight is 343 g/mol. The van der Waals surface area contributed by atoms with Crippen molar-refractivity contribution in [2.24, 2.45) is 0 Å². The second kappa shape index (κ2) is 6.13. The normalized spacial score (nSPS) is 17.8. The summed E-state index contributed by atoms with van der Waals surface area (Å²) in [5.74, 6) is 1.18. The summed E-state index contributed by atoms with van der Waals surface area (Å²) in [6.07, 6.45) is 6.39. The van der Waals surface area contributed by atoms with Gasteiger partial charge in [0.2, 0.25) is 0 Å². The highest BCUT2D eigenvalue weighted by molar-refractivity contribution is 5.94. The van der Waals surface area contributed by atoms with Crippen LogP contribution >= 0.6 is 0 Å². The van der Waals surface area contributed by atoms with Crippen LogP contribution in [0.1, 0.15) is 46.2 Å². The van der Waals surface area contributed by atoms with Gasteiger partial charge in [-0.15, -0.1) is 0 Å². The molecule has 2 aromatic carbocycles. The molecule has 1 aromatic heterocycles. The predicted molar refractivity (Wildman–Crippen MR) is 101 cm³/mol. The van der Waals surface area contributed by atoms with Gasteiger partial charge >= 0.3 is 0 Å². The van der Waals surface area contributed by atoms with Crippen molar-refractivity contribution in [3.8, 4) is 11.3 Å². The zero-order valence-electron chi connectivity index (χ0n) is 14.6. The van der Waals surface area contributed by atoms with E-state index in [0.29, 0.717) is 5.56 Å². The third-order valence-corrected chi connectivity index (χ3v) is 5.52. The number of nitrogens with zero attached hydrogens (tertiary/aromatic N) is 2. The number of carbonyl (C=O) groups excluding carboxylic acids is 1. The first kappa shape index (κ1) is 15.4. The average Bonchev–Trinajstić information content (AvgIpc) is 3.37. The number of carbonyl (C=O) groups is 1. The molecule has 4 heteroatoms. The number of hydrogen-bond acceptors (Lipinski definition) is 2. The van der Waals surface area contributed by atoms with E-state index in [1.165, 1.54) is 23.4 Å². The summed E-state index contributed by atoms with van der Waals surface area (Å²) >= 11 is 0. The van der Waals surface area contributed by atoms with Crippen molar-refractivity contribution in [2.75, 3.05) is 0 Å². The Kier molecular flexibility index (Phi) is 3.63. The number of rotatable bonds is 3. The van der Waals surface area contributed by atoms with Crippen molar-refractivity contribution in [3.05, 3.63) is 77.2 Å². The molecule has 2 aliphatic rings. The molecular weight excluding hydrogens is 322 g/mol. The van der Waals surface area contributed by atoms with Gasteiger partial charge in [-0.3, -0.25) is 4.79 Å². The molecule has 26 heavy (non-hydrogen) atoms. The SMILES string of the molecule is O=C(NC1CCc2ccc(-c3cn4c(n3)CCC4)cc21)c1ccccc1.